The number of carbonyl (C=O) groups is 1. The van der Waals surface area contributed by atoms with E-state index in [1.807, 2.05) is 14.1 Å². The van der Waals surface area contributed by atoms with Crippen molar-refractivity contribution in [1.82, 2.24) is 10.6 Å². The Morgan fingerprint density at radius 3 is 1.67 bits per heavy atom. The highest BCUT2D eigenvalue weighted by atomic mass is 16.1. The van der Waals surface area contributed by atoms with E-state index in [2.05, 4.69) is 10.6 Å². The SMILES string of the molecule is CNC1CCCC(C(=O)C2CCCC(NC)C2)C1. The Labute approximate surface area is 111 Å². The van der Waals surface area contributed by atoms with Gasteiger partial charge in [0.25, 0.3) is 0 Å². The van der Waals surface area contributed by atoms with Crippen molar-refractivity contribution in [3.05, 3.63) is 0 Å². The molecule has 0 aromatic rings. The lowest BCUT2D eigenvalue weighted by molar-refractivity contribution is -0.129. The molecule has 0 radical (unpaired) electrons. The van der Waals surface area contributed by atoms with Crippen LogP contribution in [0.25, 0.3) is 0 Å². The molecule has 2 rings (SSSR count). The topological polar surface area (TPSA) is 41.1 Å². The maximum atomic E-state index is 12.6. The van der Waals surface area contributed by atoms with Crippen molar-refractivity contribution >= 4 is 5.78 Å². The average Bonchev–Trinajstić information content (AvgIpc) is 2.46. The van der Waals surface area contributed by atoms with Crippen LogP contribution < -0.4 is 10.6 Å². The van der Waals surface area contributed by atoms with Crippen LogP contribution in [0.5, 0.6) is 0 Å². The van der Waals surface area contributed by atoms with Gasteiger partial charge < -0.3 is 10.6 Å². The summed E-state index contributed by atoms with van der Waals surface area (Å²) in [5.74, 6) is 1.23. The van der Waals surface area contributed by atoms with Crippen molar-refractivity contribution in [2.75, 3.05) is 14.1 Å². The molecule has 0 aliphatic heterocycles. The molecule has 2 saturated carbocycles. The second-order valence-corrected chi connectivity index (χ2v) is 6.10. The van der Waals surface area contributed by atoms with Gasteiger partial charge in [0.05, 0.1) is 0 Å². The molecule has 0 amide bonds. The molecule has 18 heavy (non-hydrogen) atoms. The highest BCUT2D eigenvalue weighted by Gasteiger charge is 2.33. The molecule has 3 nitrogen and oxygen atoms in total. The molecule has 0 saturated heterocycles. The number of carbonyl (C=O) groups excluding carboxylic acids is 1. The van der Waals surface area contributed by atoms with Crippen LogP contribution in [0.1, 0.15) is 51.4 Å². The molecule has 0 aromatic carbocycles. The molecule has 0 heterocycles. The van der Waals surface area contributed by atoms with Crippen LogP contribution in [0.3, 0.4) is 0 Å². The monoisotopic (exact) mass is 252 g/mol. The minimum Gasteiger partial charge on any atom is -0.317 e. The fourth-order valence-electron chi connectivity index (χ4n) is 3.75. The summed E-state index contributed by atoms with van der Waals surface area (Å²) in [7, 11) is 4.05. The van der Waals surface area contributed by atoms with E-state index in [0.29, 0.717) is 29.7 Å². The van der Waals surface area contributed by atoms with Crippen molar-refractivity contribution < 1.29 is 4.79 Å². The van der Waals surface area contributed by atoms with Crippen molar-refractivity contribution in [1.29, 1.82) is 0 Å². The van der Waals surface area contributed by atoms with Gasteiger partial charge in [-0.1, -0.05) is 12.8 Å². The zero-order valence-electron chi connectivity index (χ0n) is 11.9. The fourth-order valence-corrected chi connectivity index (χ4v) is 3.75. The number of ketones is 1. The van der Waals surface area contributed by atoms with E-state index in [0.717, 1.165) is 25.7 Å². The Kier molecular flexibility index (Phi) is 5.19. The molecule has 2 fully saturated rings. The van der Waals surface area contributed by atoms with E-state index < -0.39 is 0 Å². The molecule has 4 unspecified atom stereocenters. The zero-order valence-corrected chi connectivity index (χ0v) is 11.9. The van der Waals surface area contributed by atoms with Gasteiger partial charge in [0, 0.05) is 23.9 Å². The maximum absolute atomic E-state index is 12.6. The Balaban J connectivity index is 1.89. The standard InChI is InChI=1S/C15H28N2O/c1-16-13-7-3-5-11(9-13)15(18)12-6-4-8-14(10-12)17-2/h11-14,16-17H,3-10H2,1-2H3. The Hall–Kier alpha value is -0.410. The van der Waals surface area contributed by atoms with Crippen LogP contribution in [0.4, 0.5) is 0 Å². The predicted octanol–water partition coefficient (Wildman–Crippen LogP) is 2.11. The van der Waals surface area contributed by atoms with Gasteiger partial charge >= 0.3 is 0 Å². The molecule has 4 atom stereocenters. The molecule has 0 aromatic heterocycles. The molecule has 104 valence electrons. The minimum atomic E-state index is 0.330. The minimum absolute atomic E-state index is 0.330. The third-order valence-corrected chi connectivity index (χ3v) is 4.97. The predicted molar refractivity (Wildman–Crippen MR) is 74.6 cm³/mol. The largest absolute Gasteiger partial charge is 0.317 e. The summed E-state index contributed by atoms with van der Waals surface area (Å²) in [5, 5.41) is 6.69. The summed E-state index contributed by atoms with van der Waals surface area (Å²) in [6.45, 7) is 0. The molecule has 3 heteroatoms. The molecule has 0 spiro atoms. The lowest BCUT2D eigenvalue weighted by Gasteiger charge is -2.33. The smallest absolute Gasteiger partial charge is 0.139 e. The fraction of sp³-hybridized carbons (Fsp3) is 0.933. The maximum Gasteiger partial charge on any atom is 0.139 e. The average molecular weight is 252 g/mol. The van der Waals surface area contributed by atoms with E-state index in [1.165, 1.54) is 25.7 Å². The van der Waals surface area contributed by atoms with Gasteiger partial charge in [0.1, 0.15) is 5.78 Å². The number of hydrogen-bond acceptors (Lipinski definition) is 3. The summed E-state index contributed by atoms with van der Waals surface area (Å²) in [6, 6.07) is 1.13. The zero-order chi connectivity index (χ0) is 13.0. The van der Waals surface area contributed by atoms with E-state index in [9.17, 15) is 4.79 Å². The van der Waals surface area contributed by atoms with Gasteiger partial charge in [0.2, 0.25) is 0 Å². The Morgan fingerprint density at radius 2 is 1.28 bits per heavy atom. The van der Waals surface area contributed by atoms with Crippen molar-refractivity contribution in [2.24, 2.45) is 11.8 Å². The normalized spacial score (nSPS) is 37.4. The van der Waals surface area contributed by atoms with Gasteiger partial charge in [-0.25, -0.2) is 0 Å². The van der Waals surface area contributed by atoms with Crippen LogP contribution >= 0.6 is 0 Å². The van der Waals surface area contributed by atoms with E-state index >= 15 is 0 Å². The first kappa shape index (κ1) is 14.0. The Bertz CT molecular complexity index is 254. The van der Waals surface area contributed by atoms with Gasteiger partial charge in [-0.15, -0.1) is 0 Å². The molecule has 2 aliphatic rings. The Morgan fingerprint density at radius 1 is 0.833 bits per heavy atom. The first-order valence-electron chi connectivity index (χ1n) is 7.62. The van der Waals surface area contributed by atoms with Crippen LogP contribution in [0, 0.1) is 11.8 Å². The summed E-state index contributed by atoms with van der Waals surface area (Å²) in [4.78, 5) is 12.6. The first-order valence-corrected chi connectivity index (χ1v) is 7.62. The number of rotatable bonds is 4. The van der Waals surface area contributed by atoms with Gasteiger partial charge in [-0.05, 0) is 52.6 Å². The molecule has 2 N–H and O–H groups in total. The molecule has 2 aliphatic carbocycles. The van der Waals surface area contributed by atoms with Gasteiger partial charge in [-0.3, -0.25) is 4.79 Å². The van der Waals surface area contributed by atoms with Crippen LogP contribution in [0.15, 0.2) is 0 Å². The van der Waals surface area contributed by atoms with E-state index in [-0.39, 0.29) is 0 Å². The van der Waals surface area contributed by atoms with Crippen molar-refractivity contribution in [3.63, 3.8) is 0 Å². The highest BCUT2D eigenvalue weighted by molar-refractivity contribution is 5.83. The molecular weight excluding hydrogens is 224 g/mol. The number of nitrogens with one attached hydrogen (secondary N) is 2. The van der Waals surface area contributed by atoms with Crippen molar-refractivity contribution in [3.8, 4) is 0 Å². The second kappa shape index (κ2) is 6.67. The third-order valence-electron chi connectivity index (χ3n) is 4.97. The summed E-state index contributed by atoms with van der Waals surface area (Å²) in [5.41, 5.74) is 0. The first-order chi connectivity index (χ1) is 8.74. The quantitative estimate of drug-likeness (QED) is 0.805. The summed E-state index contributed by atoms with van der Waals surface area (Å²) in [6.07, 6.45) is 9.28. The molecule has 0 bridgehead atoms. The van der Waals surface area contributed by atoms with E-state index in [1.54, 1.807) is 0 Å². The molecular formula is C15H28N2O. The van der Waals surface area contributed by atoms with Gasteiger partial charge in [0.15, 0.2) is 0 Å². The lowest BCUT2D eigenvalue weighted by Crippen LogP contribution is -2.39. The number of Topliss-reactive ketones (excluding diaryl/α,β-unsaturated/α-hetero) is 1. The van der Waals surface area contributed by atoms with Crippen LogP contribution in [-0.4, -0.2) is 32.0 Å². The highest BCUT2D eigenvalue weighted by Crippen LogP contribution is 2.32. The summed E-state index contributed by atoms with van der Waals surface area (Å²) >= 11 is 0. The van der Waals surface area contributed by atoms with E-state index in [4.69, 9.17) is 0 Å². The second-order valence-electron chi connectivity index (χ2n) is 6.10. The summed E-state index contributed by atoms with van der Waals surface area (Å²) < 4.78 is 0. The lowest BCUT2D eigenvalue weighted by atomic mass is 9.74. The number of hydrogen-bond donors (Lipinski definition) is 2. The van der Waals surface area contributed by atoms with Gasteiger partial charge in [-0.2, -0.15) is 0 Å². The third kappa shape index (κ3) is 3.33. The van der Waals surface area contributed by atoms with Crippen LogP contribution in [-0.2, 0) is 4.79 Å². The van der Waals surface area contributed by atoms with Crippen LogP contribution in [0.2, 0.25) is 0 Å². The van der Waals surface area contributed by atoms with Crippen molar-refractivity contribution in [2.45, 2.75) is 63.5 Å².